The van der Waals surface area contributed by atoms with Gasteiger partial charge in [0.2, 0.25) is 5.91 Å². The Morgan fingerprint density at radius 2 is 1.87 bits per heavy atom. The van der Waals surface area contributed by atoms with E-state index in [1.807, 2.05) is 42.5 Å². The maximum Gasteiger partial charge on any atom is 0.265 e. The van der Waals surface area contributed by atoms with Crippen LogP contribution in [0.1, 0.15) is 28.1 Å². The Labute approximate surface area is 182 Å². The summed E-state index contributed by atoms with van der Waals surface area (Å²) in [7, 11) is 0. The third kappa shape index (κ3) is 3.49. The van der Waals surface area contributed by atoms with Crippen LogP contribution >= 0.6 is 22.7 Å². The number of primary amides is 1. The van der Waals surface area contributed by atoms with Gasteiger partial charge in [-0.25, -0.2) is 0 Å². The molecule has 2 aromatic carbocycles. The molecule has 0 saturated carbocycles. The van der Waals surface area contributed by atoms with Crippen molar-refractivity contribution >= 4 is 59.7 Å². The third-order valence-corrected chi connectivity index (χ3v) is 8.02. The first-order valence-electron chi connectivity index (χ1n) is 9.94. The maximum absolute atomic E-state index is 13.0. The van der Waals surface area contributed by atoms with E-state index >= 15 is 0 Å². The number of thiophene rings is 2. The van der Waals surface area contributed by atoms with Crippen molar-refractivity contribution in [2.45, 2.75) is 25.4 Å². The summed E-state index contributed by atoms with van der Waals surface area (Å²) >= 11 is 3.24. The summed E-state index contributed by atoms with van der Waals surface area (Å²) in [4.78, 5) is 27.5. The van der Waals surface area contributed by atoms with Crippen molar-refractivity contribution in [2.75, 3.05) is 11.9 Å². The van der Waals surface area contributed by atoms with Crippen LogP contribution in [0.25, 0.3) is 19.5 Å². The summed E-state index contributed by atoms with van der Waals surface area (Å²) in [6, 6.07) is 17.8. The average molecular weight is 436 g/mol. The van der Waals surface area contributed by atoms with E-state index in [2.05, 4.69) is 22.3 Å². The van der Waals surface area contributed by atoms with Gasteiger partial charge < -0.3 is 11.1 Å². The number of rotatable bonds is 5. The van der Waals surface area contributed by atoms with Crippen molar-refractivity contribution in [3.63, 3.8) is 0 Å². The summed E-state index contributed by atoms with van der Waals surface area (Å²) in [6.45, 7) is 1.43. The van der Waals surface area contributed by atoms with Crippen LogP contribution < -0.4 is 11.1 Å². The van der Waals surface area contributed by atoms with E-state index in [-0.39, 0.29) is 17.9 Å². The van der Waals surface area contributed by atoms with Gasteiger partial charge in [-0.15, -0.1) is 22.7 Å². The fraction of sp³-hybridized carbons (Fsp3) is 0.217. The predicted molar refractivity (Wildman–Crippen MR) is 124 cm³/mol. The second kappa shape index (κ2) is 7.83. The maximum atomic E-state index is 13.0. The molecule has 5 rings (SSSR count). The lowest BCUT2D eigenvalue weighted by atomic mass is 10.1. The monoisotopic (exact) mass is 435 g/mol. The number of carbonyl (C=O) groups is 2. The van der Waals surface area contributed by atoms with E-state index in [0.717, 1.165) is 40.0 Å². The van der Waals surface area contributed by atoms with E-state index in [1.165, 1.54) is 21.4 Å². The van der Waals surface area contributed by atoms with Crippen molar-refractivity contribution < 1.29 is 9.59 Å². The summed E-state index contributed by atoms with van der Waals surface area (Å²) in [6.07, 6.45) is 1.76. The molecule has 1 atom stereocenters. The van der Waals surface area contributed by atoms with E-state index in [1.54, 1.807) is 11.3 Å². The molecule has 7 heteroatoms. The minimum atomic E-state index is -0.278. The molecular weight excluding hydrogens is 414 g/mol. The van der Waals surface area contributed by atoms with E-state index in [0.29, 0.717) is 11.4 Å². The van der Waals surface area contributed by atoms with Crippen LogP contribution in [-0.2, 0) is 11.3 Å². The smallest absolute Gasteiger partial charge is 0.265 e. The summed E-state index contributed by atoms with van der Waals surface area (Å²) in [5, 5.41) is 4.28. The number of amides is 2. The molecule has 152 valence electrons. The number of nitrogens with two attached hydrogens (primary N) is 1. The van der Waals surface area contributed by atoms with Gasteiger partial charge in [-0.2, -0.15) is 0 Å². The SMILES string of the molecule is NC(=O)C1CCCN1Cc1ccccc1NC(=O)c1cc2sc3ccccc3c2s1. The van der Waals surface area contributed by atoms with Crippen molar-refractivity contribution in [3.05, 3.63) is 65.0 Å². The summed E-state index contributed by atoms with van der Waals surface area (Å²) in [5.41, 5.74) is 7.32. The zero-order valence-electron chi connectivity index (χ0n) is 16.3. The second-order valence-corrected chi connectivity index (χ2v) is 9.68. The van der Waals surface area contributed by atoms with E-state index in [9.17, 15) is 9.59 Å². The van der Waals surface area contributed by atoms with Gasteiger partial charge in [-0.3, -0.25) is 14.5 Å². The van der Waals surface area contributed by atoms with Gasteiger partial charge >= 0.3 is 0 Å². The highest BCUT2D eigenvalue weighted by Gasteiger charge is 2.29. The van der Waals surface area contributed by atoms with Crippen LogP contribution in [0.4, 0.5) is 5.69 Å². The van der Waals surface area contributed by atoms with Crippen LogP contribution in [0, 0.1) is 0 Å². The largest absolute Gasteiger partial charge is 0.368 e. The van der Waals surface area contributed by atoms with Gasteiger partial charge in [-0.1, -0.05) is 36.4 Å². The number of para-hydroxylation sites is 1. The Morgan fingerprint density at radius 1 is 1.07 bits per heavy atom. The molecule has 2 amide bonds. The quantitative estimate of drug-likeness (QED) is 0.472. The van der Waals surface area contributed by atoms with Crippen LogP contribution in [0.15, 0.2) is 54.6 Å². The summed E-state index contributed by atoms with van der Waals surface area (Å²) < 4.78 is 3.54. The molecule has 5 nitrogen and oxygen atoms in total. The molecule has 0 radical (unpaired) electrons. The number of fused-ring (bicyclic) bond motifs is 3. The van der Waals surface area contributed by atoms with Gasteiger partial charge in [0.15, 0.2) is 0 Å². The zero-order valence-corrected chi connectivity index (χ0v) is 17.9. The van der Waals surface area contributed by atoms with Crippen molar-refractivity contribution in [3.8, 4) is 0 Å². The average Bonchev–Trinajstić information content (AvgIpc) is 3.43. The van der Waals surface area contributed by atoms with Crippen molar-refractivity contribution in [1.29, 1.82) is 0 Å². The van der Waals surface area contributed by atoms with E-state index < -0.39 is 0 Å². The molecule has 0 bridgehead atoms. The normalized spacial score (nSPS) is 17.0. The van der Waals surface area contributed by atoms with Crippen molar-refractivity contribution in [2.24, 2.45) is 5.73 Å². The van der Waals surface area contributed by atoms with E-state index in [4.69, 9.17) is 5.73 Å². The molecule has 4 aromatic rings. The highest BCUT2D eigenvalue weighted by atomic mass is 32.1. The van der Waals surface area contributed by atoms with Crippen LogP contribution in [0.3, 0.4) is 0 Å². The molecular formula is C23H21N3O2S2. The zero-order chi connectivity index (χ0) is 20.7. The number of nitrogens with one attached hydrogen (secondary N) is 1. The first-order chi connectivity index (χ1) is 14.6. The summed E-state index contributed by atoms with van der Waals surface area (Å²) in [5.74, 6) is -0.382. The molecule has 3 heterocycles. The Kier molecular flexibility index (Phi) is 5.02. The van der Waals surface area contributed by atoms with Gasteiger partial charge in [-0.05, 0) is 43.1 Å². The number of anilines is 1. The highest BCUT2D eigenvalue weighted by molar-refractivity contribution is 7.33. The van der Waals surface area contributed by atoms with Crippen LogP contribution in [0.5, 0.6) is 0 Å². The fourth-order valence-corrected chi connectivity index (χ4v) is 6.55. The molecule has 0 spiro atoms. The number of nitrogens with zero attached hydrogens (tertiary/aromatic N) is 1. The molecule has 2 aromatic heterocycles. The number of carbonyl (C=O) groups excluding carboxylic acids is 2. The number of hydrogen-bond acceptors (Lipinski definition) is 5. The fourth-order valence-electron chi connectivity index (χ4n) is 4.13. The van der Waals surface area contributed by atoms with Crippen LogP contribution in [0.2, 0.25) is 0 Å². The molecule has 1 aliphatic rings. The highest BCUT2D eigenvalue weighted by Crippen LogP contribution is 2.39. The van der Waals surface area contributed by atoms with Gasteiger partial charge in [0.25, 0.3) is 5.91 Å². The molecule has 1 saturated heterocycles. The predicted octanol–water partition coefficient (Wildman–Crippen LogP) is 4.82. The molecule has 1 aliphatic heterocycles. The molecule has 0 aliphatic carbocycles. The standard InChI is InChI=1S/C23H21N3O2S2/c24-22(27)17-9-5-11-26(17)13-14-6-1-3-8-16(14)25-23(28)20-12-19-21(30-20)15-7-2-4-10-18(15)29-19/h1-4,6-8,10,12,17H,5,9,11,13H2,(H2,24,27)(H,25,28). The number of likely N-dealkylation sites (tertiary alicyclic amines) is 1. The van der Waals surface area contributed by atoms with Gasteiger partial charge in [0, 0.05) is 27.0 Å². The Morgan fingerprint density at radius 3 is 2.73 bits per heavy atom. The second-order valence-electron chi connectivity index (χ2n) is 7.54. The Hall–Kier alpha value is -2.74. The topological polar surface area (TPSA) is 75.4 Å². The minimum Gasteiger partial charge on any atom is -0.368 e. The van der Waals surface area contributed by atoms with Gasteiger partial charge in [0.1, 0.15) is 0 Å². The van der Waals surface area contributed by atoms with Crippen LogP contribution in [-0.4, -0.2) is 29.3 Å². The molecule has 1 unspecified atom stereocenters. The lowest BCUT2D eigenvalue weighted by Crippen LogP contribution is -2.39. The van der Waals surface area contributed by atoms with Crippen molar-refractivity contribution in [1.82, 2.24) is 4.90 Å². The minimum absolute atomic E-state index is 0.104. The first-order valence-corrected chi connectivity index (χ1v) is 11.6. The molecule has 30 heavy (non-hydrogen) atoms. The number of benzene rings is 2. The molecule has 1 fully saturated rings. The molecule has 3 N–H and O–H groups in total. The number of hydrogen-bond donors (Lipinski definition) is 2. The lowest BCUT2D eigenvalue weighted by molar-refractivity contribution is -0.122. The Balaban J connectivity index is 1.39. The third-order valence-electron chi connectivity index (χ3n) is 5.60. The van der Waals surface area contributed by atoms with Gasteiger partial charge in [0.05, 0.1) is 15.6 Å². The Bertz CT molecular complexity index is 1260. The first kappa shape index (κ1) is 19.2. The lowest BCUT2D eigenvalue weighted by Gasteiger charge is -2.23.